The summed E-state index contributed by atoms with van der Waals surface area (Å²) in [5, 5.41) is 37.3. The number of aliphatic hydroxyl groups is 2. The van der Waals surface area contributed by atoms with Gasteiger partial charge in [0.1, 0.15) is 49.4 Å². The van der Waals surface area contributed by atoms with Crippen molar-refractivity contribution in [2.45, 2.75) is 0 Å². The van der Waals surface area contributed by atoms with Crippen LogP contribution in [0.15, 0.2) is 72.8 Å². The fourth-order valence-electron chi connectivity index (χ4n) is 5.23. The maximum atomic E-state index is 13.0. The zero-order chi connectivity index (χ0) is 34.4. The zero-order valence-electron chi connectivity index (χ0n) is 25.1. The van der Waals surface area contributed by atoms with Gasteiger partial charge in [-0.15, -0.1) is 0 Å². The minimum atomic E-state index is -0.546. The maximum absolute atomic E-state index is 13.0. The lowest BCUT2D eigenvalue weighted by Gasteiger charge is -2.22. The molecule has 246 valence electrons. The van der Waals surface area contributed by atoms with Crippen LogP contribution in [0.4, 0.5) is 4.79 Å². The number of phenols is 2. The van der Waals surface area contributed by atoms with E-state index in [-0.39, 0.29) is 111 Å². The van der Waals surface area contributed by atoms with Crippen LogP contribution in [0, 0.1) is 0 Å². The molecule has 1 saturated heterocycles. The number of ether oxygens (including phenoxy) is 4. The highest BCUT2D eigenvalue weighted by atomic mass is 16.8. The number of phenolic OH excluding ortho intramolecular Hbond substituents is 2. The number of hydrogen-bond donors (Lipinski definition) is 4. The van der Waals surface area contributed by atoms with Crippen LogP contribution in [0.3, 0.4) is 0 Å². The van der Waals surface area contributed by atoms with E-state index in [9.17, 15) is 34.2 Å². The molecule has 0 saturated carbocycles. The van der Waals surface area contributed by atoms with Crippen LogP contribution >= 0.6 is 0 Å². The van der Waals surface area contributed by atoms with Crippen molar-refractivity contribution in [3.8, 4) is 23.0 Å². The van der Waals surface area contributed by atoms with Crippen molar-refractivity contribution < 1.29 is 63.3 Å². The number of benzene rings is 4. The second-order valence-electron chi connectivity index (χ2n) is 10.2. The van der Waals surface area contributed by atoms with Gasteiger partial charge in [0.2, 0.25) is 11.6 Å². The average Bonchev–Trinajstić information content (AvgIpc) is 3.58. The van der Waals surface area contributed by atoms with Gasteiger partial charge in [-0.3, -0.25) is 19.2 Å². The number of ketones is 4. The van der Waals surface area contributed by atoms with E-state index in [1.807, 2.05) is 0 Å². The summed E-state index contributed by atoms with van der Waals surface area (Å²) in [4.78, 5) is 59.9. The molecular weight excluding hydrogens is 628 g/mol. The van der Waals surface area contributed by atoms with Gasteiger partial charge in [0.05, 0.1) is 35.5 Å². The van der Waals surface area contributed by atoms with E-state index in [4.69, 9.17) is 19.7 Å². The van der Waals surface area contributed by atoms with Gasteiger partial charge in [-0.05, 0) is 24.3 Å². The Bertz CT molecular complexity index is 1800. The first-order valence-electron chi connectivity index (χ1n) is 14.5. The fourth-order valence-corrected chi connectivity index (χ4v) is 5.23. The molecule has 0 atom stereocenters. The number of rotatable bonds is 6. The van der Waals surface area contributed by atoms with Crippen molar-refractivity contribution in [3.05, 3.63) is 117 Å². The molecule has 3 aliphatic rings. The monoisotopic (exact) mass is 656 g/mol. The number of cyclic esters (lactones) is 2. The molecule has 7 rings (SSSR count). The van der Waals surface area contributed by atoms with E-state index in [0.29, 0.717) is 13.2 Å². The van der Waals surface area contributed by atoms with E-state index < -0.39 is 11.9 Å². The minimum absolute atomic E-state index is 0.0213. The van der Waals surface area contributed by atoms with Crippen LogP contribution in [-0.2, 0) is 9.47 Å². The number of aliphatic hydroxyl groups excluding tert-OH is 2. The van der Waals surface area contributed by atoms with E-state index in [0.717, 1.165) is 0 Å². The molecule has 1 heterocycles. The average molecular weight is 657 g/mol. The zero-order valence-corrected chi connectivity index (χ0v) is 25.1. The predicted molar refractivity (Wildman–Crippen MR) is 165 cm³/mol. The van der Waals surface area contributed by atoms with Gasteiger partial charge >= 0.3 is 6.16 Å². The van der Waals surface area contributed by atoms with Gasteiger partial charge in [-0.2, -0.15) is 0 Å². The van der Waals surface area contributed by atoms with Gasteiger partial charge < -0.3 is 39.4 Å². The Hall–Kier alpha value is -6.05. The SMILES string of the molecule is O=C1OCCO1.O=C1c2cccc(O)c2C(=O)c2c(O)cccc21.O=C1c2cccc(OCCO)c2C(=O)c2c(OCCO)cccc21. The number of carbonyl (C=O) groups excluding carboxylic acids is 5. The van der Waals surface area contributed by atoms with Crippen molar-refractivity contribution >= 4 is 29.3 Å². The molecule has 0 bridgehead atoms. The van der Waals surface area contributed by atoms with E-state index in [2.05, 4.69) is 9.47 Å². The van der Waals surface area contributed by atoms with Crippen LogP contribution in [0.5, 0.6) is 23.0 Å². The van der Waals surface area contributed by atoms with Crippen molar-refractivity contribution in [1.29, 1.82) is 0 Å². The summed E-state index contributed by atoms with van der Waals surface area (Å²) in [6, 6.07) is 18.3. The first-order valence-corrected chi connectivity index (χ1v) is 14.5. The van der Waals surface area contributed by atoms with Crippen LogP contribution in [-0.4, -0.2) is 89.4 Å². The van der Waals surface area contributed by atoms with Crippen LogP contribution in [0.25, 0.3) is 0 Å². The lowest BCUT2D eigenvalue weighted by atomic mass is 9.83. The topological polar surface area (TPSA) is 203 Å². The number of fused-ring (bicyclic) bond motifs is 4. The molecule has 1 aliphatic heterocycles. The number of hydrogen-bond acceptors (Lipinski definition) is 13. The summed E-state index contributed by atoms with van der Waals surface area (Å²) in [5.74, 6) is -1.56. The van der Waals surface area contributed by atoms with E-state index in [1.165, 1.54) is 36.4 Å². The molecular formula is C35H28O13. The quantitative estimate of drug-likeness (QED) is 0.190. The Morgan fingerprint density at radius 1 is 0.500 bits per heavy atom. The van der Waals surface area contributed by atoms with Gasteiger partial charge in [0.15, 0.2) is 11.6 Å². The number of aromatic hydroxyl groups is 2. The van der Waals surface area contributed by atoms with E-state index in [1.54, 1.807) is 36.4 Å². The van der Waals surface area contributed by atoms with Crippen molar-refractivity contribution in [3.63, 3.8) is 0 Å². The van der Waals surface area contributed by atoms with Crippen molar-refractivity contribution in [2.75, 3.05) is 39.6 Å². The molecule has 2 aliphatic carbocycles. The molecule has 0 amide bonds. The van der Waals surface area contributed by atoms with E-state index >= 15 is 0 Å². The summed E-state index contributed by atoms with van der Waals surface area (Å²) >= 11 is 0. The third-order valence-electron chi connectivity index (χ3n) is 7.24. The molecule has 0 radical (unpaired) electrons. The lowest BCUT2D eigenvalue weighted by molar-refractivity contribution is 0.0969. The summed E-state index contributed by atoms with van der Waals surface area (Å²) in [6.07, 6.45) is -0.546. The van der Waals surface area contributed by atoms with Gasteiger partial charge in [-0.1, -0.05) is 48.5 Å². The molecule has 0 aromatic heterocycles. The van der Waals surface area contributed by atoms with Crippen molar-refractivity contribution in [1.82, 2.24) is 0 Å². The van der Waals surface area contributed by atoms with Gasteiger partial charge in [0, 0.05) is 22.3 Å². The van der Waals surface area contributed by atoms with Crippen LogP contribution < -0.4 is 9.47 Å². The predicted octanol–water partition coefficient (Wildman–Crippen LogP) is 3.23. The number of carbonyl (C=O) groups is 5. The minimum Gasteiger partial charge on any atom is -0.507 e. The second kappa shape index (κ2) is 14.6. The Morgan fingerprint density at radius 3 is 1.21 bits per heavy atom. The standard InChI is InChI=1S/C18H16O6.C14H8O4.C3H4O3/c19-7-9-23-13-5-1-3-11-15(13)18(22)16-12(17(11)21)4-2-6-14(16)24-10-8-20;15-9-5-1-3-7-11(9)14(18)12-8(13(7)17)4-2-6-10(12)16;4-3-5-1-2-6-3/h1-6,19-20H,7-10H2;1-6,15-16H;1-2H2. The maximum Gasteiger partial charge on any atom is 0.508 e. The van der Waals surface area contributed by atoms with Gasteiger partial charge in [-0.25, -0.2) is 4.79 Å². The highest BCUT2D eigenvalue weighted by Crippen LogP contribution is 2.38. The summed E-state index contributed by atoms with van der Waals surface area (Å²) < 4.78 is 19.4. The normalized spacial score (nSPS) is 13.7. The molecule has 0 spiro atoms. The molecule has 48 heavy (non-hydrogen) atoms. The first kappa shape index (κ1) is 33.3. The molecule has 0 unspecified atom stereocenters. The molecule has 13 nitrogen and oxygen atoms in total. The fraction of sp³-hybridized carbons (Fsp3) is 0.171. The van der Waals surface area contributed by atoms with Crippen LogP contribution in [0.1, 0.15) is 63.7 Å². The third kappa shape index (κ3) is 6.45. The molecule has 4 aromatic carbocycles. The third-order valence-corrected chi connectivity index (χ3v) is 7.24. The molecule has 13 heteroatoms. The van der Waals surface area contributed by atoms with Gasteiger partial charge in [0.25, 0.3) is 0 Å². The summed E-state index contributed by atoms with van der Waals surface area (Å²) in [6.45, 7) is 0.471. The lowest BCUT2D eigenvalue weighted by Crippen LogP contribution is -2.23. The molecule has 1 fully saturated rings. The Kier molecular flexibility index (Phi) is 10.1. The summed E-state index contributed by atoms with van der Waals surface area (Å²) in [5.41, 5.74) is 1.11. The Balaban J connectivity index is 0.000000164. The Morgan fingerprint density at radius 2 is 0.854 bits per heavy atom. The second-order valence-corrected chi connectivity index (χ2v) is 10.2. The summed E-state index contributed by atoms with van der Waals surface area (Å²) in [7, 11) is 0. The van der Waals surface area contributed by atoms with Crippen LogP contribution in [0.2, 0.25) is 0 Å². The van der Waals surface area contributed by atoms with Crippen molar-refractivity contribution in [2.24, 2.45) is 0 Å². The first-order chi connectivity index (χ1) is 23.2. The largest absolute Gasteiger partial charge is 0.508 e. The molecule has 4 aromatic rings. The molecule has 4 N–H and O–H groups in total. The Labute approximate surface area is 272 Å². The highest BCUT2D eigenvalue weighted by Gasteiger charge is 2.35. The highest BCUT2D eigenvalue weighted by molar-refractivity contribution is 6.31. The smallest absolute Gasteiger partial charge is 0.507 e.